The van der Waals surface area contributed by atoms with E-state index in [0.29, 0.717) is 12.3 Å². The molecule has 0 spiro atoms. The van der Waals surface area contributed by atoms with E-state index in [9.17, 15) is 14.0 Å². The molecule has 0 aromatic heterocycles. The maximum Gasteiger partial charge on any atom is 0.334 e. The van der Waals surface area contributed by atoms with Crippen LogP contribution in [0.2, 0.25) is 0 Å². The molecular formula is C16H20FNO5. The quantitative estimate of drug-likeness (QED) is 0.911. The maximum atomic E-state index is 12.9. The molecule has 23 heavy (non-hydrogen) atoms. The van der Waals surface area contributed by atoms with Gasteiger partial charge in [0.2, 0.25) is 0 Å². The van der Waals surface area contributed by atoms with Gasteiger partial charge < -0.3 is 19.5 Å². The summed E-state index contributed by atoms with van der Waals surface area (Å²) in [6.07, 6.45) is -1.43. The normalized spacial score (nSPS) is 21.8. The first kappa shape index (κ1) is 17.2. The maximum absolute atomic E-state index is 12.9. The number of carbonyl (C=O) groups excluding carboxylic acids is 1. The van der Waals surface area contributed by atoms with Crippen LogP contribution in [0, 0.1) is 5.82 Å². The van der Waals surface area contributed by atoms with Gasteiger partial charge in [-0.25, -0.2) is 9.18 Å². The van der Waals surface area contributed by atoms with Gasteiger partial charge in [0.1, 0.15) is 11.6 Å². The Bertz CT molecular complexity index is 587. The minimum atomic E-state index is -1.21. The molecule has 1 aliphatic rings. The van der Waals surface area contributed by atoms with Crippen molar-refractivity contribution in [3.8, 4) is 5.75 Å². The van der Waals surface area contributed by atoms with Gasteiger partial charge in [0.25, 0.3) is 5.91 Å². The van der Waals surface area contributed by atoms with Crippen molar-refractivity contribution in [2.75, 3.05) is 13.1 Å². The number of carboxylic acid groups (broad SMARTS) is 1. The van der Waals surface area contributed by atoms with Gasteiger partial charge in [-0.15, -0.1) is 0 Å². The smallest absolute Gasteiger partial charge is 0.334 e. The fraction of sp³-hybridized carbons (Fsp3) is 0.500. The van der Waals surface area contributed by atoms with Gasteiger partial charge in [-0.3, -0.25) is 4.79 Å². The van der Waals surface area contributed by atoms with Crippen LogP contribution in [0.15, 0.2) is 24.3 Å². The molecule has 126 valence electrons. The van der Waals surface area contributed by atoms with Crippen LogP contribution in [0.3, 0.4) is 0 Å². The number of ether oxygens (including phenoxy) is 2. The van der Waals surface area contributed by atoms with E-state index in [2.05, 4.69) is 0 Å². The summed E-state index contributed by atoms with van der Waals surface area (Å²) in [4.78, 5) is 25.2. The van der Waals surface area contributed by atoms with Crippen LogP contribution in [0.1, 0.15) is 20.8 Å². The summed E-state index contributed by atoms with van der Waals surface area (Å²) in [6.45, 7) is 5.15. The lowest BCUT2D eigenvalue weighted by atomic mass is 10.1. The highest BCUT2D eigenvalue weighted by Crippen LogP contribution is 2.23. The molecule has 7 heteroatoms. The summed E-state index contributed by atoms with van der Waals surface area (Å²) in [5.74, 6) is -1.48. The SMILES string of the molecule is C[C@@H]1CN(C(=O)C(C)(C)Oc2ccc(F)cc2)CC(C(=O)O)O1. The third-order valence-electron chi connectivity index (χ3n) is 3.52. The lowest BCUT2D eigenvalue weighted by Crippen LogP contribution is -2.57. The first-order valence-corrected chi connectivity index (χ1v) is 7.31. The standard InChI is InChI=1S/C16H20FNO5/c1-10-8-18(9-13(22-10)14(19)20)15(21)16(2,3)23-12-6-4-11(17)5-7-12/h4-7,10,13H,8-9H2,1-3H3,(H,19,20)/t10-,13?/m1/s1. The zero-order valence-electron chi connectivity index (χ0n) is 13.3. The van der Waals surface area contributed by atoms with Crippen molar-refractivity contribution in [2.24, 2.45) is 0 Å². The summed E-state index contributed by atoms with van der Waals surface area (Å²) < 4.78 is 23.9. The second kappa shape index (κ2) is 6.54. The Labute approximate surface area is 133 Å². The van der Waals surface area contributed by atoms with E-state index in [0.717, 1.165) is 0 Å². The molecule has 0 saturated carbocycles. The lowest BCUT2D eigenvalue weighted by molar-refractivity contribution is -0.171. The predicted octanol–water partition coefficient (Wildman–Crippen LogP) is 1.68. The highest BCUT2D eigenvalue weighted by atomic mass is 19.1. The van der Waals surface area contributed by atoms with Gasteiger partial charge in [0.15, 0.2) is 11.7 Å². The Balaban J connectivity index is 2.10. The van der Waals surface area contributed by atoms with Gasteiger partial charge in [-0.05, 0) is 45.0 Å². The van der Waals surface area contributed by atoms with Crippen LogP contribution < -0.4 is 4.74 Å². The third-order valence-corrected chi connectivity index (χ3v) is 3.52. The average Bonchev–Trinajstić information content (AvgIpc) is 2.48. The van der Waals surface area contributed by atoms with Crippen LogP contribution in [-0.2, 0) is 14.3 Å². The molecule has 1 aromatic rings. The fourth-order valence-corrected chi connectivity index (χ4v) is 2.48. The highest BCUT2D eigenvalue weighted by Gasteiger charge is 2.40. The molecule has 0 radical (unpaired) electrons. The fourth-order valence-electron chi connectivity index (χ4n) is 2.48. The Morgan fingerprint density at radius 2 is 1.91 bits per heavy atom. The van der Waals surface area contributed by atoms with Gasteiger partial charge in [-0.2, -0.15) is 0 Å². The molecule has 1 N–H and O–H groups in total. The van der Waals surface area contributed by atoms with E-state index in [1.54, 1.807) is 20.8 Å². The summed E-state index contributed by atoms with van der Waals surface area (Å²) >= 11 is 0. The topological polar surface area (TPSA) is 76.1 Å². The number of carboxylic acids is 1. The Hall–Kier alpha value is -2.15. The zero-order chi connectivity index (χ0) is 17.2. The Morgan fingerprint density at radius 3 is 2.48 bits per heavy atom. The number of rotatable bonds is 4. The molecule has 1 unspecified atom stereocenters. The first-order chi connectivity index (χ1) is 10.7. The van der Waals surface area contributed by atoms with E-state index < -0.39 is 23.5 Å². The molecule has 0 aliphatic carbocycles. The van der Waals surface area contributed by atoms with E-state index in [4.69, 9.17) is 14.6 Å². The molecule has 1 aliphatic heterocycles. The number of amides is 1. The molecule has 1 fully saturated rings. The second-order valence-electron chi connectivity index (χ2n) is 6.05. The Morgan fingerprint density at radius 1 is 1.30 bits per heavy atom. The summed E-state index contributed by atoms with van der Waals surface area (Å²) in [7, 11) is 0. The molecule has 1 amide bonds. The van der Waals surface area contributed by atoms with Crippen molar-refractivity contribution in [1.29, 1.82) is 0 Å². The number of benzene rings is 1. The zero-order valence-corrected chi connectivity index (χ0v) is 13.3. The lowest BCUT2D eigenvalue weighted by Gasteiger charge is -2.38. The third kappa shape index (κ3) is 4.19. The minimum Gasteiger partial charge on any atom is -0.479 e. The van der Waals surface area contributed by atoms with Crippen LogP contribution in [0.4, 0.5) is 4.39 Å². The van der Waals surface area contributed by atoms with Crippen molar-refractivity contribution in [1.82, 2.24) is 4.90 Å². The number of nitrogens with zero attached hydrogens (tertiary/aromatic N) is 1. The number of hydrogen-bond acceptors (Lipinski definition) is 4. The van der Waals surface area contributed by atoms with Crippen molar-refractivity contribution < 1.29 is 28.6 Å². The van der Waals surface area contributed by atoms with E-state index in [1.165, 1.54) is 29.2 Å². The predicted molar refractivity (Wildman–Crippen MR) is 79.7 cm³/mol. The monoisotopic (exact) mass is 325 g/mol. The van der Waals surface area contributed by atoms with E-state index in [-0.39, 0.29) is 18.6 Å². The van der Waals surface area contributed by atoms with Gasteiger partial charge in [0, 0.05) is 6.54 Å². The molecular weight excluding hydrogens is 305 g/mol. The molecule has 2 rings (SSSR count). The number of carbonyl (C=O) groups is 2. The van der Waals surface area contributed by atoms with Crippen molar-refractivity contribution in [3.63, 3.8) is 0 Å². The van der Waals surface area contributed by atoms with Crippen molar-refractivity contribution in [2.45, 2.75) is 38.6 Å². The summed E-state index contributed by atoms with van der Waals surface area (Å²) in [5.41, 5.74) is -1.21. The number of halogens is 1. The van der Waals surface area contributed by atoms with Crippen LogP contribution >= 0.6 is 0 Å². The minimum absolute atomic E-state index is 0.0330. The molecule has 1 saturated heterocycles. The molecule has 1 aromatic carbocycles. The Kier molecular flexibility index (Phi) is 4.89. The second-order valence-corrected chi connectivity index (χ2v) is 6.05. The summed E-state index contributed by atoms with van der Waals surface area (Å²) in [5, 5.41) is 9.09. The number of morpholine rings is 1. The van der Waals surface area contributed by atoms with E-state index >= 15 is 0 Å². The van der Waals surface area contributed by atoms with Gasteiger partial charge in [0.05, 0.1) is 12.6 Å². The highest BCUT2D eigenvalue weighted by molar-refractivity contribution is 5.85. The number of hydrogen-bond donors (Lipinski definition) is 1. The van der Waals surface area contributed by atoms with Gasteiger partial charge >= 0.3 is 5.97 Å². The molecule has 6 nitrogen and oxygen atoms in total. The summed E-state index contributed by atoms with van der Waals surface area (Å²) in [6, 6.07) is 5.36. The first-order valence-electron chi connectivity index (χ1n) is 7.31. The van der Waals surface area contributed by atoms with Crippen molar-refractivity contribution in [3.05, 3.63) is 30.1 Å². The number of aliphatic carboxylic acids is 1. The van der Waals surface area contributed by atoms with Crippen LogP contribution in [-0.4, -0.2) is 52.8 Å². The molecule has 0 bridgehead atoms. The largest absolute Gasteiger partial charge is 0.479 e. The van der Waals surface area contributed by atoms with Gasteiger partial charge in [-0.1, -0.05) is 0 Å². The van der Waals surface area contributed by atoms with Crippen LogP contribution in [0.5, 0.6) is 5.75 Å². The van der Waals surface area contributed by atoms with Crippen LogP contribution in [0.25, 0.3) is 0 Å². The van der Waals surface area contributed by atoms with E-state index in [1.807, 2.05) is 0 Å². The van der Waals surface area contributed by atoms with Crippen molar-refractivity contribution >= 4 is 11.9 Å². The molecule has 2 atom stereocenters. The molecule has 1 heterocycles. The average molecular weight is 325 g/mol.